The third-order valence-corrected chi connectivity index (χ3v) is 4.07. The number of carbonyl (C=O) groups excluding carboxylic acids is 2. The number of nitrogens with one attached hydrogen (secondary N) is 3. The zero-order valence-corrected chi connectivity index (χ0v) is 15.4. The number of anilines is 1. The summed E-state index contributed by atoms with van der Waals surface area (Å²) in [6.45, 7) is 3.85. The Labute approximate surface area is 154 Å². The zero-order valence-electron chi connectivity index (χ0n) is 14.6. The number of hydrogen-bond acceptors (Lipinski definition) is 5. The average molecular weight is 372 g/mol. The molecule has 0 radical (unpaired) electrons. The van der Waals surface area contributed by atoms with Crippen LogP contribution in [0.15, 0.2) is 24.3 Å². The fourth-order valence-electron chi connectivity index (χ4n) is 2.68. The van der Waals surface area contributed by atoms with Gasteiger partial charge < -0.3 is 25.4 Å². The summed E-state index contributed by atoms with van der Waals surface area (Å²) in [6, 6.07) is 7.08. The molecule has 1 aromatic carbocycles. The fourth-order valence-corrected chi connectivity index (χ4v) is 2.68. The Morgan fingerprint density at radius 1 is 1.20 bits per heavy atom. The van der Waals surface area contributed by atoms with Crippen LogP contribution in [0.2, 0.25) is 0 Å². The second-order valence-electron chi connectivity index (χ2n) is 5.64. The molecule has 2 amide bonds. The van der Waals surface area contributed by atoms with Gasteiger partial charge in [-0.1, -0.05) is 0 Å². The first kappa shape index (κ1) is 21.2. The summed E-state index contributed by atoms with van der Waals surface area (Å²) >= 11 is 0. The van der Waals surface area contributed by atoms with E-state index in [2.05, 4.69) is 16.0 Å². The van der Waals surface area contributed by atoms with Crippen LogP contribution in [0.1, 0.15) is 19.8 Å². The summed E-state index contributed by atoms with van der Waals surface area (Å²) in [4.78, 5) is 24.4. The lowest BCUT2D eigenvalue weighted by molar-refractivity contribution is -0.147. The number of hydrogen-bond donors (Lipinski definition) is 3. The first-order chi connectivity index (χ1) is 11.6. The van der Waals surface area contributed by atoms with Crippen LogP contribution in [0.3, 0.4) is 0 Å². The maximum atomic E-state index is 12.4. The van der Waals surface area contributed by atoms with Gasteiger partial charge >= 0.3 is 0 Å². The molecule has 0 atom stereocenters. The number of amides is 2. The van der Waals surface area contributed by atoms with Crippen molar-refractivity contribution >= 4 is 29.9 Å². The third kappa shape index (κ3) is 5.88. The molecule has 0 spiro atoms. The summed E-state index contributed by atoms with van der Waals surface area (Å²) in [7, 11) is 1.53. The summed E-state index contributed by atoms with van der Waals surface area (Å²) in [5.74, 6) is 0.220. The minimum atomic E-state index is -0.843. The molecule has 0 bridgehead atoms. The maximum Gasteiger partial charge on any atom is 0.252 e. The largest absolute Gasteiger partial charge is 0.494 e. The maximum absolute atomic E-state index is 12.4. The van der Waals surface area contributed by atoms with Crippen molar-refractivity contribution in [3.63, 3.8) is 0 Å². The number of halogens is 1. The monoisotopic (exact) mass is 371 g/mol. The Balaban J connectivity index is 0.00000312. The second kappa shape index (κ2) is 10.2. The van der Waals surface area contributed by atoms with Crippen LogP contribution in [0.25, 0.3) is 0 Å². The number of methoxy groups -OCH3 is 1. The Hall–Kier alpha value is -1.83. The van der Waals surface area contributed by atoms with Crippen LogP contribution in [0.4, 0.5) is 5.69 Å². The lowest BCUT2D eigenvalue weighted by Crippen LogP contribution is -2.55. The number of piperidine rings is 1. The van der Waals surface area contributed by atoms with Gasteiger partial charge in [-0.25, -0.2) is 0 Å². The smallest absolute Gasteiger partial charge is 0.252 e. The fraction of sp³-hybridized carbons (Fsp3) is 0.529. The Bertz CT molecular complexity index is 560. The van der Waals surface area contributed by atoms with Crippen molar-refractivity contribution in [1.29, 1.82) is 0 Å². The number of benzene rings is 1. The molecule has 1 aromatic rings. The lowest BCUT2D eigenvalue weighted by atomic mass is 9.91. The van der Waals surface area contributed by atoms with Gasteiger partial charge in [0.25, 0.3) is 5.91 Å². The van der Waals surface area contributed by atoms with Crippen LogP contribution >= 0.6 is 12.4 Å². The summed E-state index contributed by atoms with van der Waals surface area (Å²) in [5.41, 5.74) is -0.189. The minimum absolute atomic E-state index is 0. The quantitative estimate of drug-likeness (QED) is 0.673. The van der Waals surface area contributed by atoms with Gasteiger partial charge in [0.2, 0.25) is 5.91 Å². The Morgan fingerprint density at radius 2 is 1.84 bits per heavy atom. The van der Waals surface area contributed by atoms with Gasteiger partial charge in [-0.3, -0.25) is 9.59 Å². The van der Waals surface area contributed by atoms with Crippen molar-refractivity contribution in [2.24, 2.45) is 0 Å². The summed E-state index contributed by atoms with van der Waals surface area (Å²) in [5, 5.41) is 8.60. The number of ether oxygens (including phenoxy) is 2. The van der Waals surface area contributed by atoms with E-state index in [1.54, 1.807) is 24.3 Å². The first-order valence-corrected chi connectivity index (χ1v) is 8.16. The van der Waals surface area contributed by atoms with Crippen molar-refractivity contribution in [3.05, 3.63) is 24.3 Å². The Kier molecular flexibility index (Phi) is 8.68. The average Bonchev–Trinajstić information content (AvgIpc) is 2.62. The molecule has 3 N–H and O–H groups in total. The highest BCUT2D eigenvalue weighted by Crippen LogP contribution is 2.22. The van der Waals surface area contributed by atoms with E-state index in [4.69, 9.17) is 9.47 Å². The molecular formula is C17H26ClN3O4. The van der Waals surface area contributed by atoms with Crippen LogP contribution < -0.4 is 20.7 Å². The van der Waals surface area contributed by atoms with Gasteiger partial charge in [-0.05, 0) is 57.1 Å². The second-order valence-corrected chi connectivity index (χ2v) is 5.64. The molecule has 2 rings (SSSR count). The SMILES string of the molecule is CCOc1ccc(NC(=O)CNC(=O)C2(OC)CCNCC2)cc1.Cl. The molecule has 0 aromatic heterocycles. The van der Waals surface area contributed by atoms with Crippen molar-refractivity contribution < 1.29 is 19.1 Å². The van der Waals surface area contributed by atoms with E-state index in [1.807, 2.05) is 6.92 Å². The van der Waals surface area contributed by atoms with E-state index >= 15 is 0 Å². The molecule has 0 unspecified atom stereocenters. The molecule has 140 valence electrons. The van der Waals surface area contributed by atoms with E-state index in [1.165, 1.54) is 7.11 Å². The number of carbonyl (C=O) groups is 2. The molecule has 7 nitrogen and oxygen atoms in total. The third-order valence-electron chi connectivity index (χ3n) is 4.07. The molecule has 0 aliphatic carbocycles. The first-order valence-electron chi connectivity index (χ1n) is 8.16. The molecular weight excluding hydrogens is 346 g/mol. The predicted molar refractivity (Wildman–Crippen MR) is 98.3 cm³/mol. The van der Waals surface area contributed by atoms with Crippen LogP contribution in [0, 0.1) is 0 Å². The highest BCUT2D eigenvalue weighted by atomic mass is 35.5. The molecule has 1 aliphatic heterocycles. The summed E-state index contributed by atoms with van der Waals surface area (Å²) < 4.78 is 10.8. The topological polar surface area (TPSA) is 88.7 Å². The highest BCUT2D eigenvalue weighted by Gasteiger charge is 2.39. The van der Waals surface area contributed by atoms with E-state index in [9.17, 15) is 9.59 Å². The van der Waals surface area contributed by atoms with Crippen molar-refractivity contribution in [2.45, 2.75) is 25.4 Å². The van der Waals surface area contributed by atoms with Gasteiger partial charge in [0.1, 0.15) is 11.4 Å². The number of rotatable bonds is 7. The van der Waals surface area contributed by atoms with Crippen LogP contribution in [-0.2, 0) is 14.3 Å². The van der Waals surface area contributed by atoms with Gasteiger partial charge in [0, 0.05) is 12.8 Å². The standard InChI is InChI=1S/C17H25N3O4.ClH/c1-3-24-14-6-4-13(5-7-14)20-15(21)12-19-16(22)17(23-2)8-10-18-11-9-17;/h4-7,18H,3,8-12H2,1-2H3,(H,19,22)(H,20,21);1H. The zero-order chi connectivity index (χ0) is 17.4. The van der Waals surface area contributed by atoms with E-state index in [0.29, 0.717) is 25.1 Å². The Morgan fingerprint density at radius 3 is 2.40 bits per heavy atom. The molecule has 1 aliphatic rings. The van der Waals surface area contributed by atoms with E-state index in [-0.39, 0.29) is 30.8 Å². The van der Waals surface area contributed by atoms with Crippen molar-refractivity contribution in [2.75, 3.05) is 38.7 Å². The molecule has 8 heteroatoms. The van der Waals surface area contributed by atoms with Crippen molar-refractivity contribution in [1.82, 2.24) is 10.6 Å². The van der Waals surface area contributed by atoms with E-state index in [0.717, 1.165) is 18.8 Å². The van der Waals surface area contributed by atoms with Gasteiger partial charge in [-0.15, -0.1) is 12.4 Å². The molecule has 1 fully saturated rings. The minimum Gasteiger partial charge on any atom is -0.494 e. The molecule has 0 saturated carbocycles. The molecule has 25 heavy (non-hydrogen) atoms. The van der Waals surface area contributed by atoms with Crippen LogP contribution in [0.5, 0.6) is 5.75 Å². The van der Waals surface area contributed by atoms with E-state index < -0.39 is 5.60 Å². The van der Waals surface area contributed by atoms with Crippen molar-refractivity contribution in [3.8, 4) is 5.75 Å². The predicted octanol–water partition coefficient (Wildman–Crippen LogP) is 1.33. The van der Waals surface area contributed by atoms with Gasteiger partial charge in [-0.2, -0.15) is 0 Å². The highest BCUT2D eigenvalue weighted by molar-refractivity contribution is 5.96. The lowest BCUT2D eigenvalue weighted by Gasteiger charge is -2.34. The van der Waals surface area contributed by atoms with Gasteiger partial charge in [0.05, 0.1) is 13.2 Å². The summed E-state index contributed by atoms with van der Waals surface area (Å²) in [6.07, 6.45) is 1.19. The molecule has 1 saturated heterocycles. The molecule has 1 heterocycles. The van der Waals surface area contributed by atoms with Crippen LogP contribution in [-0.4, -0.2) is 50.8 Å². The van der Waals surface area contributed by atoms with Gasteiger partial charge in [0.15, 0.2) is 0 Å². The normalized spacial score (nSPS) is 15.6.